The van der Waals surface area contributed by atoms with Gasteiger partial charge in [-0.2, -0.15) is 0 Å². The molecule has 1 fully saturated rings. The van der Waals surface area contributed by atoms with E-state index in [2.05, 4.69) is 5.32 Å². The number of para-hydroxylation sites is 2. The monoisotopic (exact) mass is 353 g/mol. The SMILES string of the molecule is CN(C)c1ccccc1NC(=O)COc1cccc(N2CCCC2=O)c1. The van der Waals surface area contributed by atoms with Gasteiger partial charge in [-0.25, -0.2) is 0 Å². The van der Waals surface area contributed by atoms with Gasteiger partial charge in [-0.1, -0.05) is 18.2 Å². The summed E-state index contributed by atoms with van der Waals surface area (Å²) in [6.07, 6.45) is 1.45. The summed E-state index contributed by atoms with van der Waals surface area (Å²) in [5.74, 6) is 0.459. The first-order valence-electron chi connectivity index (χ1n) is 8.64. The Hall–Kier alpha value is -3.02. The minimum absolute atomic E-state index is 0.0981. The number of hydrogen-bond acceptors (Lipinski definition) is 4. The maximum absolute atomic E-state index is 12.2. The summed E-state index contributed by atoms with van der Waals surface area (Å²) in [6.45, 7) is 0.628. The van der Waals surface area contributed by atoms with E-state index >= 15 is 0 Å². The fourth-order valence-corrected chi connectivity index (χ4v) is 2.97. The van der Waals surface area contributed by atoms with Gasteiger partial charge in [-0.3, -0.25) is 9.59 Å². The molecule has 26 heavy (non-hydrogen) atoms. The molecular weight excluding hydrogens is 330 g/mol. The van der Waals surface area contributed by atoms with Gasteiger partial charge in [-0.05, 0) is 30.7 Å². The topological polar surface area (TPSA) is 61.9 Å². The van der Waals surface area contributed by atoms with Crippen LogP contribution in [0.4, 0.5) is 17.1 Å². The zero-order valence-electron chi connectivity index (χ0n) is 15.1. The first-order chi connectivity index (χ1) is 12.5. The Morgan fingerprint density at radius 3 is 2.73 bits per heavy atom. The average Bonchev–Trinajstić information content (AvgIpc) is 3.06. The van der Waals surface area contributed by atoms with Crippen LogP contribution >= 0.6 is 0 Å². The molecule has 2 aromatic carbocycles. The second kappa shape index (κ2) is 7.91. The van der Waals surface area contributed by atoms with Crippen LogP contribution in [0, 0.1) is 0 Å². The minimum Gasteiger partial charge on any atom is -0.484 e. The van der Waals surface area contributed by atoms with Gasteiger partial charge < -0.3 is 19.9 Å². The number of amides is 2. The fourth-order valence-electron chi connectivity index (χ4n) is 2.97. The van der Waals surface area contributed by atoms with E-state index in [-0.39, 0.29) is 18.4 Å². The molecule has 1 aliphatic heterocycles. The molecule has 6 nitrogen and oxygen atoms in total. The number of carbonyl (C=O) groups excluding carboxylic acids is 2. The highest BCUT2D eigenvalue weighted by molar-refractivity contribution is 5.96. The third-order valence-electron chi connectivity index (χ3n) is 4.23. The Kier molecular flexibility index (Phi) is 5.41. The number of carbonyl (C=O) groups is 2. The number of anilines is 3. The predicted octanol–water partition coefficient (Wildman–Crippen LogP) is 2.90. The Bertz CT molecular complexity index is 804. The smallest absolute Gasteiger partial charge is 0.262 e. The van der Waals surface area contributed by atoms with Crippen LogP contribution < -0.4 is 19.9 Å². The molecule has 0 aliphatic carbocycles. The minimum atomic E-state index is -0.234. The van der Waals surface area contributed by atoms with Crippen molar-refractivity contribution in [2.75, 3.05) is 42.4 Å². The maximum atomic E-state index is 12.2. The van der Waals surface area contributed by atoms with Crippen molar-refractivity contribution in [2.24, 2.45) is 0 Å². The summed E-state index contributed by atoms with van der Waals surface area (Å²) < 4.78 is 5.61. The van der Waals surface area contributed by atoms with E-state index in [1.165, 1.54) is 0 Å². The van der Waals surface area contributed by atoms with Gasteiger partial charge in [0.15, 0.2) is 6.61 Å². The molecule has 0 aromatic heterocycles. The van der Waals surface area contributed by atoms with Crippen LogP contribution in [0.5, 0.6) is 5.75 Å². The summed E-state index contributed by atoms with van der Waals surface area (Å²) in [7, 11) is 3.85. The van der Waals surface area contributed by atoms with Crippen molar-refractivity contribution in [2.45, 2.75) is 12.8 Å². The highest BCUT2D eigenvalue weighted by atomic mass is 16.5. The van der Waals surface area contributed by atoms with Crippen molar-refractivity contribution in [3.8, 4) is 5.75 Å². The number of rotatable bonds is 6. The summed E-state index contributed by atoms with van der Waals surface area (Å²) in [5.41, 5.74) is 2.47. The molecule has 3 rings (SSSR count). The van der Waals surface area contributed by atoms with Crippen molar-refractivity contribution in [3.63, 3.8) is 0 Å². The average molecular weight is 353 g/mol. The lowest BCUT2D eigenvalue weighted by Crippen LogP contribution is -2.24. The second-order valence-corrected chi connectivity index (χ2v) is 6.39. The Labute approximate surface area is 153 Å². The fraction of sp³-hybridized carbons (Fsp3) is 0.300. The Morgan fingerprint density at radius 2 is 2.00 bits per heavy atom. The first-order valence-corrected chi connectivity index (χ1v) is 8.64. The molecule has 1 aliphatic rings. The van der Waals surface area contributed by atoms with E-state index < -0.39 is 0 Å². The van der Waals surface area contributed by atoms with E-state index in [0.717, 1.165) is 30.0 Å². The number of hydrogen-bond donors (Lipinski definition) is 1. The number of nitrogens with one attached hydrogen (secondary N) is 1. The molecule has 1 heterocycles. The largest absolute Gasteiger partial charge is 0.484 e. The lowest BCUT2D eigenvalue weighted by atomic mass is 10.2. The molecule has 0 radical (unpaired) electrons. The van der Waals surface area contributed by atoms with Crippen molar-refractivity contribution < 1.29 is 14.3 Å². The van der Waals surface area contributed by atoms with Crippen molar-refractivity contribution >= 4 is 28.9 Å². The van der Waals surface area contributed by atoms with E-state index in [1.807, 2.05) is 55.4 Å². The molecule has 0 saturated carbocycles. The van der Waals surface area contributed by atoms with Crippen LogP contribution in [-0.2, 0) is 9.59 Å². The van der Waals surface area contributed by atoms with Gasteiger partial charge in [0.2, 0.25) is 5.91 Å². The number of benzene rings is 2. The zero-order valence-corrected chi connectivity index (χ0v) is 15.1. The molecule has 0 atom stereocenters. The van der Waals surface area contributed by atoms with Crippen molar-refractivity contribution in [3.05, 3.63) is 48.5 Å². The van der Waals surface area contributed by atoms with Crippen LogP contribution in [0.15, 0.2) is 48.5 Å². The highest BCUT2D eigenvalue weighted by Gasteiger charge is 2.21. The van der Waals surface area contributed by atoms with Gasteiger partial charge in [0.05, 0.1) is 11.4 Å². The normalized spacial score (nSPS) is 13.6. The summed E-state index contributed by atoms with van der Waals surface area (Å²) in [5, 5.41) is 2.87. The number of ether oxygens (including phenoxy) is 1. The molecule has 0 bridgehead atoms. The lowest BCUT2D eigenvalue weighted by Gasteiger charge is -2.18. The van der Waals surface area contributed by atoms with Crippen molar-refractivity contribution in [1.29, 1.82) is 0 Å². The third-order valence-corrected chi connectivity index (χ3v) is 4.23. The third kappa shape index (κ3) is 4.14. The van der Waals surface area contributed by atoms with Gasteiger partial charge in [0.25, 0.3) is 5.91 Å². The quantitative estimate of drug-likeness (QED) is 0.867. The van der Waals surface area contributed by atoms with E-state index in [9.17, 15) is 9.59 Å². The van der Waals surface area contributed by atoms with Crippen molar-refractivity contribution in [1.82, 2.24) is 0 Å². The Balaban J connectivity index is 1.61. The van der Waals surface area contributed by atoms with Gasteiger partial charge in [0.1, 0.15) is 5.75 Å². The maximum Gasteiger partial charge on any atom is 0.262 e. The van der Waals surface area contributed by atoms with Gasteiger partial charge in [-0.15, -0.1) is 0 Å². The molecule has 1 N–H and O–H groups in total. The first kappa shape index (κ1) is 17.8. The lowest BCUT2D eigenvalue weighted by molar-refractivity contribution is -0.118. The van der Waals surface area contributed by atoms with Crippen LogP contribution in [0.25, 0.3) is 0 Å². The van der Waals surface area contributed by atoms with Gasteiger partial charge >= 0.3 is 0 Å². The summed E-state index contributed by atoms with van der Waals surface area (Å²) in [6, 6.07) is 14.9. The van der Waals surface area contributed by atoms with Crippen LogP contribution in [0.3, 0.4) is 0 Å². The molecule has 136 valence electrons. The van der Waals surface area contributed by atoms with E-state index in [0.29, 0.717) is 12.2 Å². The molecule has 0 unspecified atom stereocenters. The molecule has 2 amide bonds. The van der Waals surface area contributed by atoms with E-state index in [1.54, 1.807) is 17.0 Å². The van der Waals surface area contributed by atoms with Gasteiger partial charge in [0, 0.05) is 38.8 Å². The molecular formula is C20H23N3O3. The highest BCUT2D eigenvalue weighted by Crippen LogP contribution is 2.26. The van der Waals surface area contributed by atoms with Crippen LogP contribution in [-0.4, -0.2) is 39.1 Å². The van der Waals surface area contributed by atoms with Crippen LogP contribution in [0.2, 0.25) is 0 Å². The summed E-state index contributed by atoms with van der Waals surface area (Å²) >= 11 is 0. The second-order valence-electron chi connectivity index (χ2n) is 6.39. The van der Waals surface area contributed by atoms with Crippen LogP contribution in [0.1, 0.15) is 12.8 Å². The van der Waals surface area contributed by atoms with E-state index in [4.69, 9.17) is 4.74 Å². The zero-order chi connectivity index (χ0) is 18.5. The predicted molar refractivity (Wildman–Crippen MR) is 103 cm³/mol. The molecule has 1 saturated heterocycles. The summed E-state index contributed by atoms with van der Waals surface area (Å²) in [4.78, 5) is 27.8. The molecule has 0 spiro atoms. The number of nitrogens with zero attached hydrogens (tertiary/aromatic N) is 2. The molecule has 6 heteroatoms. The standard InChI is InChI=1S/C20H23N3O3/c1-22(2)18-10-4-3-9-17(18)21-19(24)14-26-16-8-5-7-15(13-16)23-12-6-11-20(23)25/h3-5,7-10,13H,6,11-12,14H2,1-2H3,(H,21,24). The Morgan fingerprint density at radius 1 is 1.19 bits per heavy atom. The molecule has 2 aromatic rings.